The molecule has 0 bridgehead atoms. The minimum atomic E-state index is -1.18. The lowest BCUT2D eigenvalue weighted by molar-refractivity contribution is -0.383. The van der Waals surface area contributed by atoms with Crippen LogP contribution < -0.4 is 5.32 Å². The Bertz CT molecular complexity index is 1060. The Morgan fingerprint density at radius 3 is 2.59 bits per heavy atom. The molecule has 148 valence electrons. The van der Waals surface area contributed by atoms with Gasteiger partial charge in [0.05, 0.1) is 10.6 Å². The summed E-state index contributed by atoms with van der Waals surface area (Å²) in [5.41, 5.74) is 1.18. The Morgan fingerprint density at radius 1 is 1.21 bits per heavy atom. The van der Waals surface area contributed by atoms with Gasteiger partial charge in [0.1, 0.15) is 11.4 Å². The molecule has 0 fully saturated rings. The fourth-order valence-corrected chi connectivity index (χ4v) is 2.71. The highest BCUT2D eigenvalue weighted by Crippen LogP contribution is 2.24. The topological polar surface area (TPSA) is 127 Å². The number of halogens is 1. The van der Waals surface area contributed by atoms with Crippen molar-refractivity contribution in [1.29, 1.82) is 0 Å². The molecule has 9 nitrogen and oxygen atoms in total. The number of nitro benzene ring substituents is 1. The molecule has 0 aliphatic carbocycles. The summed E-state index contributed by atoms with van der Waals surface area (Å²) in [4.78, 5) is 35.0. The number of hydrogen-bond acceptors (Lipinski definition) is 6. The second-order valence-corrected chi connectivity index (χ2v) is 6.90. The number of aromatic amines is 1. The van der Waals surface area contributed by atoms with Gasteiger partial charge in [-0.2, -0.15) is 5.10 Å². The van der Waals surface area contributed by atoms with E-state index in [9.17, 15) is 19.7 Å². The molecule has 3 aromatic rings. The molecule has 1 unspecified atom stereocenters. The molecule has 0 saturated carbocycles. The van der Waals surface area contributed by atoms with Gasteiger partial charge >= 0.3 is 5.97 Å². The Hall–Kier alpha value is -3.53. The highest BCUT2D eigenvalue weighted by Gasteiger charge is 2.23. The lowest BCUT2D eigenvalue weighted by atomic mass is 10.1. The van der Waals surface area contributed by atoms with Gasteiger partial charge in [0.15, 0.2) is 6.10 Å². The van der Waals surface area contributed by atoms with E-state index in [-0.39, 0.29) is 17.1 Å². The summed E-state index contributed by atoms with van der Waals surface area (Å²) >= 11 is 3.35. The average Bonchev–Trinajstić information content (AvgIpc) is 3.19. The molecule has 0 aliphatic rings. The van der Waals surface area contributed by atoms with Crippen molar-refractivity contribution in [1.82, 2.24) is 10.2 Å². The zero-order valence-electron chi connectivity index (χ0n) is 15.1. The molecule has 3 rings (SSSR count). The van der Waals surface area contributed by atoms with E-state index in [2.05, 4.69) is 31.4 Å². The van der Waals surface area contributed by atoms with Gasteiger partial charge in [0, 0.05) is 16.1 Å². The largest absolute Gasteiger partial charge is 0.448 e. The quantitative estimate of drug-likeness (QED) is 0.327. The predicted octanol–water partition coefficient (Wildman–Crippen LogP) is 3.93. The van der Waals surface area contributed by atoms with Crippen LogP contribution in [0.25, 0.3) is 11.3 Å². The summed E-state index contributed by atoms with van der Waals surface area (Å²) in [6.07, 6.45) is -1.18. The van der Waals surface area contributed by atoms with Crippen molar-refractivity contribution in [3.8, 4) is 11.3 Å². The third kappa shape index (κ3) is 4.85. The van der Waals surface area contributed by atoms with Crippen LogP contribution in [0.5, 0.6) is 0 Å². The van der Waals surface area contributed by atoms with Gasteiger partial charge in [-0.15, -0.1) is 0 Å². The Labute approximate surface area is 173 Å². The molecule has 2 N–H and O–H groups in total. The van der Waals surface area contributed by atoms with E-state index in [0.717, 1.165) is 10.0 Å². The maximum atomic E-state index is 12.3. The van der Waals surface area contributed by atoms with Crippen LogP contribution >= 0.6 is 15.9 Å². The van der Waals surface area contributed by atoms with Crippen LogP contribution in [0.2, 0.25) is 0 Å². The summed E-state index contributed by atoms with van der Waals surface area (Å²) in [6, 6.07) is 14.6. The number of rotatable bonds is 6. The summed E-state index contributed by atoms with van der Waals surface area (Å²) in [5.74, 6) is -1.47. The van der Waals surface area contributed by atoms with E-state index in [1.165, 1.54) is 31.2 Å². The first-order chi connectivity index (χ1) is 13.8. The molecule has 1 atom stereocenters. The van der Waals surface area contributed by atoms with Crippen molar-refractivity contribution in [2.24, 2.45) is 0 Å². The zero-order chi connectivity index (χ0) is 21.0. The van der Waals surface area contributed by atoms with Crippen molar-refractivity contribution in [2.45, 2.75) is 13.0 Å². The number of para-hydroxylation sites is 2. The SMILES string of the molecule is CC(OC(=O)c1cc(-c2ccc(Br)cc2)n[nH]1)C(=O)Nc1ccccc1[N+](=O)[O-]. The first-order valence-electron chi connectivity index (χ1n) is 8.42. The number of hydrogen-bond donors (Lipinski definition) is 2. The van der Waals surface area contributed by atoms with Gasteiger partial charge in [-0.25, -0.2) is 4.79 Å². The second-order valence-electron chi connectivity index (χ2n) is 5.98. The molecular weight excluding hydrogens is 444 g/mol. The predicted molar refractivity (Wildman–Crippen MR) is 108 cm³/mol. The molecule has 2 aromatic carbocycles. The van der Waals surface area contributed by atoms with Crippen LogP contribution in [0.3, 0.4) is 0 Å². The first kappa shape index (κ1) is 20.2. The van der Waals surface area contributed by atoms with Crippen molar-refractivity contribution in [3.63, 3.8) is 0 Å². The number of carbonyl (C=O) groups excluding carboxylic acids is 2. The number of benzene rings is 2. The van der Waals surface area contributed by atoms with Gasteiger partial charge < -0.3 is 10.1 Å². The maximum absolute atomic E-state index is 12.3. The van der Waals surface area contributed by atoms with Crippen molar-refractivity contribution in [2.75, 3.05) is 5.32 Å². The summed E-state index contributed by atoms with van der Waals surface area (Å²) in [6.45, 7) is 1.37. The summed E-state index contributed by atoms with van der Waals surface area (Å²) in [5, 5.41) is 20.1. The van der Waals surface area contributed by atoms with Crippen LogP contribution in [0.4, 0.5) is 11.4 Å². The molecule has 1 heterocycles. The minimum Gasteiger partial charge on any atom is -0.448 e. The first-order valence-corrected chi connectivity index (χ1v) is 9.21. The molecule has 0 aliphatic heterocycles. The van der Waals surface area contributed by atoms with Crippen molar-refractivity contribution >= 4 is 39.2 Å². The second kappa shape index (κ2) is 8.65. The average molecular weight is 459 g/mol. The number of ether oxygens (including phenoxy) is 1. The van der Waals surface area contributed by atoms with Crippen LogP contribution in [0.1, 0.15) is 17.4 Å². The lowest BCUT2D eigenvalue weighted by Crippen LogP contribution is -2.30. The van der Waals surface area contributed by atoms with Crippen LogP contribution in [0.15, 0.2) is 59.1 Å². The standard InChI is InChI=1S/C19H15BrN4O5/c1-11(18(25)21-14-4-2-3-5-17(14)24(27)28)29-19(26)16-10-15(22-23-16)12-6-8-13(20)9-7-12/h2-11H,1H3,(H,21,25)(H,22,23). The molecular formula is C19H15BrN4O5. The van der Waals surface area contributed by atoms with Crippen LogP contribution in [-0.4, -0.2) is 33.1 Å². The molecule has 29 heavy (non-hydrogen) atoms. The number of amides is 1. The molecule has 0 saturated heterocycles. The van der Waals surface area contributed by atoms with Crippen molar-refractivity contribution in [3.05, 3.63) is 74.9 Å². The van der Waals surface area contributed by atoms with Gasteiger partial charge in [0.2, 0.25) is 0 Å². The number of nitro groups is 1. The summed E-state index contributed by atoms with van der Waals surface area (Å²) < 4.78 is 6.05. The smallest absolute Gasteiger partial charge is 0.357 e. The highest BCUT2D eigenvalue weighted by molar-refractivity contribution is 9.10. The van der Waals surface area contributed by atoms with E-state index in [1.807, 2.05) is 24.3 Å². The van der Waals surface area contributed by atoms with E-state index < -0.39 is 22.9 Å². The molecule has 10 heteroatoms. The number of nitrogens with zero attached hydrogens (tertiary/aromatic N) is 2. The maximum Gasteiger partial charge on any atom is 0.357 e. The minimum absolute atomic E-state index is 0.0180. The van der Waals surface area contributed by atoms with E-state index in [0.29, 0.717) is 5.69 Å². The van der Waals surface area contributed by atoms with E-state index in [1.54, 1.807) is 6.07 Å². The van der Waals surface area contributed by atoms with Crippen LogP contribution in [-0.2, 0) is 9.53 Å². The fraction of sp³-hybridized carbons (Fsp3) is 0.105. The number of aromatic nitrogens is 2. The number of nitrogens with one attached hydrogen (secondary N) is 2. The van der Waals surface area contributed by atoms with Crippen molar-refractivity contribution < 1.29 is 19.2 Å². The third-order valence-electron chi connectivity index (χ3n) is 3.95. The van der Waals surface area contributed by atoms with E-state index in [4.69, 9.17) is 4.74 Å². The monoisotopic (exact) mass is 458 g/mol. The molecule has 1 aromatic heterocycles. The van der Waals surface area contributed by atoms with Gasteiger partial charge in [-0.05, 0) is 31.2 Å². The third-order valence-corrected chi connectivity index (χ3v) is 4.48. The number of esters is 1. The van der Waals surface area contributed by atoms with E-state index >= 15 is 0 Å². The summed E-state index contributed by atoms with van der Waals surface area (Å²) in [7, 11) is 0. The number of carbonyl (C=O) groups is 2. The zero-order valence-corrected chi connectivity index (χ0v) is 16.7. The Balaban J connectivity index is 1.65. The van der Waals surface area contributed by atoms with Gasteiger partial charge in [0.25, 0.3) is 11.6 Å². The molecule has 0 radical (unpaired) electrons. The molecule has 0 spiro atoms. The van der Waals surface area contributed by atoms with Gasteiger partial charge in [-0.3, -0.25) is 20.0 Å². The van der Waals surface area contributed by atoms with Gasteiger partial charge in [-0.1, -0.05) is 40.2 Å². The Kier molecular flexibility index (Phi) is 6.03. The molecule has 1 amide bonds. The Morgan fingerprint density at radius 2 is 1.90 bits per heavy atom. The highest BCUT2D eigenvalue weighted by atomic mass is 79.9. The normalized spacial score (nSPS) is 11.5. The fourth-order valence-electron chi connectivity index (χ4n) is 2.45. The van der Waals surface area contributed by atoms with Crippen LogP contribution in [0, 0.1) is 10.1 Å². The number of H-pyrrole nitrogens is 1. The number of anilines is 1. The lowest BCUT2D eigenvalue weighted by Gasteiger charge is -2.12.